The second-order valence-corrected chi connectivity index (χ2v) is 2.87. The zero-order valence-corrected chi connectivity index (χ0v) is 8.27. The Morgan fingerprint density at radius 1 is 1.08 bits per heavy atom. The highest BCUT2D eigenvalue weighted by atomic mass is 32.1. The van der Waals surface area contributed by atoms with Crippen LogP contribution in [0.3, 0.4) is 0 Å². The lowest BCUT2D eigenvalue weighted by molar-refractivity contribution is 1.19. The smallest absolute Gasteiger partial charge is 0.00636 e. The normalized spacial score (nSPS) is 13.3. The molecule has 64 valence electrons. The van der Waals surface area contributed by atoms with Gasteiger partial charge in [0.25, 0.3) is 0 Å². The Labute approximate surface area is 79.7 Å². The van der Waals surface area contributed by atoms with Gasteiger partial charge in [-0.1, -0.05) is 36.4 Å². The Bertz CT molecular complexity index is 249. The van der Waals surface area contributed by atoms with Crippen molar-refractivity contribution in [1.82, 2.24) is 0 Å². The molecule has 0 unspecified atom stereocenters. The number of rotatable bonds is 0. The second kappa shape index (κ2) is 4.36. The fourth-order valence-corrected chi connectivity index (χ4v) is 1.50. The van der Waals surface area contributed by atoms with E-state index in [-0.39, 0.29) is 0 Å². The summed E-state index contributed by atoms with van der Waals surface area (Å²) in [7, 11) is 0. The van der Waals surface area contributed by atoms with Gasteiger partial charge in [0, 0.05) is 0 Å². The molecule has 0 aliphatic heterocycles. The molecule has 0 radical (unpaired) electrons. The van der Waals surface area contributed by atoms with Gasteiger partial charge in [-0.05, 0) is 30.2 Å². The lowest BCUT2D eigenvalue weighted by Gasteiger charge is -1.92. The van der Waals surface area contributed by atoms with Crippen molar-refractivity contribution in [3.05, 3.63) is 47.5 Å². The topological polar surface area (TPSA) is 0 Å². The van der Waals surface area contributed by atoms with Crippen molar-refractivity contribution in [1.29, 1.82) is 0 Å². The Balaban J connectivity index is 0.000000336. The molecule has 0 atom stereocenters. The van der Waals surface area contributed by atoms with Crippen LogP contribution in [-0.2, 0) is 12.8 Å². The van der Waals surface area contributed by atoms with Crippen LogP contribution in [0.25, 0.3) is 0 Å². The quantitative estimate of drug-likeness (QED) is 0.458. The summed E-state index contributed by atoms with van der Waals surface area (Å²) in [6.45, 7) is 3.97. The SMILES string of the molecule is C=C1Cc2ccccc2C1.CS. The van der Waals surface area contributed by atoms with E-state index >= 15 is 0 Å². The van der Waals surface area contributed by atoms with Crippen LogP contribution in [0.4, 0.5) is 0 Å². The first-order valence-electron chi connectivity index (χ1n) is 4.04. The van der Waals surface area contributed by atoms with Gasteiger partial charge in [-0.2, -0.15) is 12.6 Å². The van der Waals surface area contributed by atoms with Gasteiger partial charge in [-0.15, -0.1) is 0 Å². The molecule has 1 heteroatoms. The summed E-state index contributed by atoms with van der Waals surface area (Å²) in [5, 5.41) is 0. The van der Waals surface area contributed by atoms with Gasteiger partial charge in [0.05, 0.1) is 0 Å². The largest absolute Gasteiger partial charge is 0.183 e. The second-order valence-electron chi connectivity index (χ2n) is 2.87. The third-order valence-corrected chi connectivity index (χ3v) is 2.00. The minimum atomic E-state index is 1.09. The number of benzene rings is 1. The molecule has 2 rings (SSSR count). The van der Waals surface area contributed by atoms with Gasteiger partial charge in [-0.25, -0.2) is 0 Å². The molecule has 0 N–H and O–H groups in total. The van der Waals surface area contributed by atoms with Crippen molar-refractivity contribution < 1.29 is 0 Å². The molecule has 0 bridgehead atoms. The molecule has 12 heavy (non-hydrogen) atoms. The molecular weight excluding hydrogens is 164 g/mol. The number of fused-ring (bicyclic) bond motifs is 1. The number of thiol groups is 1. The van der Waals surface area contributed by atoms with E-state index in [2.05, 4.69) is 43.5 Å². The molecule has 0 fully saturated rings. The van der Waals surface area contributed by atoms with E-state index in [0.29, 0.717) is 0 Å². The maximum absolute atomic E-state index is 3.97. The van der Waals surface area contributed by atoms with Gasteiger partial charge >= 0.3 is 0 Å². The highest BCUT2D eigenvalue weighted by Gasteiger charge is 2.11. The molecule has 0 heterocycles. The Morgan fingerprint density at radius 2 is 1.50 bits per heavy atom. The zero-order chi connectivity index (χ0) is 8.97. The van der Waals surface area contributed by atoms with E-state index < -0.39 is 0 Å². The van der Waals surface area contributed by atoms with Crippen LogP contribution >= 0.6 is 12.6 Å². The highest BCUT2D eigenvalue weighted by Crippen LogP contribution is 2.23. The molecule has 0 saturated carbocycles. The standard InChI is InChI=1S/C10H10.CH4S/c1-8-6-9-4-2-3-5-10(9)7-8;1-2/h2-5H,1,6-7H2;2H,1H3. The average Bonchev–Trinajstić information content (AvgIpc) is 2.48. The molecule has 0 nitrogen and oxygen atoms in total. The summed E-state index contributed by atoms with van der Waals surface area (Å²) in [6, 6.07) is 8.57. The molecule has 1 aromatic rings. The van der Waals surface area contributed by atoms with Crippen LogP contribution in [0.1, 0.15) is 11.1 Å². The Kier molecular flexibility index (Phi) is 3.42. The minimum Gasteiger partial charge on any atom is -0.183 e. The van der Waals surface area contributed by atoms with Crippen molar-refractivity contribution >= 4 is 12.6 Å². The molecular formula is C11H14S. The van der Waals surface area contributed by atoms with Crippen molar-refractivity contribution in [2.75, 3.05) is 6.26 Å². The minimum absolute atomic E-state index is 1.09. The van der Waals surface area contributed by atoms with Crippen molar-refractivity contribution in [2.45, 2.75) is 12.8 Å². The predicted molar refractivity (Wildman–Crippen MR) is 57.9 cm³/mol. The number of hydrogen-bond donors (Lipinski definition) is 1. The van der Waals surface area contributed by atoms with Gasteiger partial charge in [-0.3, -0.25) is 0 Å². The molecule has 0 saturated heterocycles. The first kappa shape index (κ1) is 9.40. The van der Waals surface area contributed by atoms with Crippen LogP contribution < -0.4 is 0 Å². The van der Waals surface area contributed by atoms with Crippen molar-refractivity contribution in [2.24, 2.45) is 0 Å². The molecule has 0 amide bonds. The number of allylic oxidation sites excluding steroid dienone is 1. The molecule has 0 aromatic heterocycles. The average molecular weight is 178 g/mol. The molecule has 1 aliphatic carbocycles. The highest BCUT2D eigenvalue weighted by molar-refractivity contribution is 7.79. The lowest BCUT2D eigenvalue weighted by Crippen LogP contribution is -1.77. The fraction of sp³-hybridized carbons (Fsp3) is 0.273. The van der Waals surface area contributed by atoms with E-state index in [1.807, 2.05) is 0 Å². The predicted octanol–water partition coefficient (Wildman–Crippen LogP) is 2.89. The van der Waals surface area contributed by atoms with Gasteiger partial charge < -0.3 is 0 Å². The van der Waals surface area contributed by atoms with Crippen molar-refractivity contribution in [3.63, 3.8) is 0 Å². The maximum Gasteiger partial charge on any atom is -0.00636 e. The van der Waals surface area contributed by atoms with Crippen LogP contribution in [0.5, 0.6) is 0 Å². The number of hydrogen-bond acceptors (Lipinski definition) is 1. The van der Waals surface area contributed by atoms with Crippen LogP contribution in [0, 0.1) is 0 Å². The van der Waals surface area contributed by atoms with Gasteiger partial charge in [0.15, 0.2) is 0 Å². The van der Waals surface area contributed by atoms with E-state index in [9.17, 15) is 0 Å². The van der Waals surface area contributed by atoms with E-state index in [4.69, 9.17) is 0 Å². The summed E-state index contributed by atoms with van der Waals surface area (Å²) in [5.41, 5.74) is 4.28. The lowest BCUT2D eigenvalue weighted by atomic mass is 10.1. The molecule has 1 aliphatic rings. The first-order valence-corrected chi connectivity index (χ1v) is 4.94. The van der Waals surface area contributed by atoms with E-state index in [1.54, 1.807) is 6.26 Å². The van der Waals surface area contributed by atoms with Crippen LogP contribution in [-0.4, -0.2) is 6.26 Å². The summed E-state index contributed by atoms with van der Waals surface area (Å²) >= 11 is 3.53. The Hall–Kier alpha value is -0.690. The van der Waals surface area contributed by atoms with Crippen LogP contribution in [0.15, 0.2) is 36.4 Å². The van der Waals surface area contributed by atoms with Gasteiger partial charge in [0.2, 0.25) is 0 Å². The van der Waals surface area contributed by atoms with Crippen molar-refractivity contribution in [3.8, 4) is 0 Å². The van der Waals surface area contributed by atoms with E-state index in [1.165, 1.54) is 16.7 Å². The third-order valence-electron chi connectivity index (χ3n) is 2.00. The summed E-state index contributed by atoms with van der Waals surface area (Å²) in [4.78, 5) is 0. The fourth-order valence-electron chi connectivity index (χ4n) is 1.50. The summed E-state index contributed by atoms with van der Waals surface area (Å²) in [5.74, 6) is 0. The Morgan fingerprint density at radius 3 is 1.92 bits per heavy atom. The summed E-state index contributed by atoms with van der Waals surface area (Å²) < 4.78 is 0. The third kappa shape index (κ3) is 1.92. The van der Waals surface area contributed by atoms with E-state index in [0.717, 1.165) is 12.8 Å². The first-order chi connectivity index (χ1) is 5.86. The maximum atomic E-state index is 3.97. The summed E-state index contributed by atoms with van der Waals surface area (Å²) in [6.07, 6.45) is 3.88. The molecule has 1 aromatic carbocycles. The van der Waals surface area contributed by atoms with Gasteiger partial charge in [0.1, 0.15) is 0 Å². The monoisotopic (exact) mass is 178 g/mol. The molecule has 0 spiro atoms. The zero-order valence-electron chi connectivity index (χ0n) is 7.38. The van der Waals surface area contributed by atoms with Crippen LogP contribution in [0.2, 0.25) is 0 Å².